The van der Waals surface area contributed by atoms with Crippen LogP contribution in [0.15, 0.2) is 0 Å². The summed E-state index contributed by atoms with van der Waals surface area (Å²) in [5.74, 6) is -11.8. The summed E-state index contributed by atoms with van der Waals surface area (Å²) in [6.45, 7) is -5.10. The molecule has 0 saturated carbocycles. The van der Waals surface area contributed by atoms with Gasteiger partial charge in [0.2, 0.25) is 0 Å². The summed E-state index contributed by atoms with van der Waals surface area (Å²) in [5.41, 5.74) is 0. The average molecular weight is 1140 g/mol. The van der Waals surface area contributed by atoms with Crippen LogP contribution in [0.2, 0.25) is 0 Å². The fourth-order valence-electron chi connectivity index (χ4n) is 3.35. The number of carboxylic acids is 8. The Morgan fingerprint density at radius 1 is 0.276 bits per heavy atom. The zero-order valence-corrected chi connectivity index (χ0v) is 37.8. The van der Waals surface area contributed by atoms with E-state index >= 15 is 0 Å². The van der Waals surface area contributed by atoms with Crippen molar-refractivity contribution in [1.82, 2.24) is 31.9 Å². The standard InChI is InChI=1S/2C11H18N2O8.2Ce.2H3N.12H2O/c2*14-8(15)4-12(5-9(16)17)2-1-3-13(6-10(18)19)7-11(20)21;;;;;;;;;;;;;;;;/h2*1-7H2,(H,14,15)(H,16,17)(H,18,19)(H,20,21);;;2*1H3;12*1H2/q;;2*+3;;;;;;;;;;;;;;/p-2. The number of quaternary nitrogens is 2. The van der Waals surface area contributed by atoms with Crippen molar-refractivity contribution in [2.24, 2.45) is 0 Å². The molecule has 0 saturated heterocycles. The molecule has 0 aromatic rings. The van der Waals surface area contributed by atoms with Crippen molar-refractivity contribution >= 4 is 47.8 Å². The van der Waals surface area contributed by atoms with E-state index in [0.717, 1.165) is 19.6 Å². The van der Waals surface area contributed by atoms with Gasteiger partial charge in [0.1, 0.15) is 0 Å². The van der Waals surface area contributed by atoms with Crippen molar-refractivity contribution < 1.29 is 228 Å². The Morgan fingerprint density at radius 3 is 0.431 bits per heavy atom. The maximum absolute atomic E-state index is 10.4. The molecule has 0 aliphatic heterocycles. The van der Waals surface area contributed by atoms with Crippen LogP contribution < -0.4 is 53.2 Å². The molecule has 0 aliphatic rings. The van der Waals surface area contributed by atoms with E-state index in [1.807, 2.05) is 0 Å². The molecule has 36 heteroatoms. The van der Waals surface area contributed by atoms with Gasteiger partial charge < -0.3 is 157 Å². The van der Waals surface area contributed by atoms with Crippen molar-refractivity contribution in [1.29, 1.82) is 0 Å². The molecule has 2 radical (unpaired) electrons. The van der Waals surface area contributed by atoms with E-state index in [2.05, 4.69) is 0 Å². The third-order valence-corrected chi connectivity index (χ3v) is 4.72. The van der Waals surface area contributed by atoms with E-state index in [0.29, 0.717) is 0 Å². The Morgan fingerprint density at radius 2 is 0.362 bits per heavy atom. The Hall–Kier alpha value is -2.21. The third-order valence-electron chi connectivity index (χ3n) is 4.72. The summed E-state index contributed by atoms with van der Waals surface area (Å²) in [6, 6.07) is 0. The maximum atomic E-state index is 10.4. The van der Waals surface area contributed by atoms with Gasteiger partial charge >= 0.3 is 83.5 Å². The molecule has 0 spiro atoms. The van der Waals surface area contributed by atoms with Crippen LogP contribution in [0, 0.1) is 83.5 Å². The van der Waals surface area contributed by atoms with Gasteiger partial charge in [-0.2, -0.15) is 0 Å². The Kier molecular flexibility index (Phi) is 140. The molecule has 36 N–H and O–H groups in total. The summed E-state index contributed by atoms with van der Waals surface area (Å²) in [7, 11) is 0. The van der Waals surface area contributed by atoms with Crippen LogP contribution in [0.1, 0.15) is 12.8 Å². The van der Waals surface area contributed by atoms with E-state index in [4.69, 9.17) is 0 Å². The molecule has 0 bridgehead atoms. The van der Waals surface area contributed by atoms with Crippen molar-refractivity contribution in [3.8, 4) is 0 Å². The molecule has 0 aromatic carbocycles. The van der Waals surface area contributed by atoms with Crippen LogP contribution in [-0.2, 0) is 60.3 Å². The zero-order valence-electron chi connectivity index (χ0n) is 31.5. The Labute approximate surface area is 396 Å². The van der Waals surface area contributed by atoms with Crippen LogP contribution in [0.4, 0.5) is 0 Å². The largest absolute Gasteiger partial charge is 3.00 e. The molecular formula is C22H64Ce2N6O28+4. The monoisotopic (exact) mass is 1140 g/mol. The van der Waals surface area contributed by atoms with Crippen LogP contribution in [-0.4, -0.2) is 190 Å². The number of carboxylic acid groups (broad SMARTS) is 8. The fourth-order valence-corrected chi connectivity index (χ4v) is 3.35. The minimum Gasteiger partial charge on any atom is -0.549 e. The van der Waals surface area contributed by atoms with Crippen molar-refractivity contribution in [2.45, 2.75) is 12.8 Å². The van der Waals surface area contributed by atoms with Gasteiger partial charge in [-0.05, 0) is 12.8 Å². The van der Waals surface area contributed by atoms with E-state index in [9.17, 15) is 79.2 Å². The van der Waals surface area contributed by atoms with Gasteiger partial charge in [0.15, 0.2) is 0 Å². The second-order valence-electron chi connectivity index (χ2n) is 8.53. The van der Waals surface area contributed by atoms with Gasteiger partial charge in [0.25, 0.3) is 0 Å². The Bertz CT molecular complexity index is 767. The molecule has 0 rings (SSSR count). The maximum Gasteiger partial charge on any atom is 3.00 e. The minimum atomic E-state index is -1.47. The first-order valence-corrected chi connectivity index (χ1v) is 11.9. The molecule has 0 unspecified atom stereocenters. The molecular weight excluding hydrogens is 1080 g/mol. The fraction of sp³-hybridized carbons (Fsp3) is 0.636. The third kappa shape index (κ3) is 85.8. The van der Waals surface area contributed by atoms with E-state index < -0.39 is 100 Å². The predicted molar refractivity (Wildman–Crippen MR) is 175 cm³/mol. The number of hydrogen-bond acceptors (Lipinski definition) is 20. The van der Waals surface area contributed by atoms with Crippen LogP contribution in [0.25, 0.3) is 0 Å². The summed E-state index contributed by atoms with van der Waals surface area (Å²) in [5, 5.41) is 83.4. The smallest absolute Gasteiger partial charge is 0.549 e. The van der Waals surface area contributed by atoms with Gasteiger partial charge in [-0.15, -0.1) is 0 Å². The van der Waals surface area contributed by atoms with Gasteiger partial charge in [-0.25, -0.2) is 0 Å². The molecule has 58 heavy (non-hydrogen) atoms. The molecule has 0 atom stereocenters. The summed E-state index contributed by atoms with van der Waals surface area (Å²) >= 11 is 0. The molecule has 0 aromatic heterocycles. The van der Waals surface area contributed by atoms with E-state index in [-0.39, 0.29) is 201 Å². The van der Waals surface area contributed by atoms with Crippen molar-refractivity contribution in [3.63, 3.8) is 0 Å². The molecule has 0 aliphatic carbocycles. The first-order valence-electron chi connectivity index (χ1n) is 11.9. The molecule has 0 fully saturated rings. The first-order chi connectivity index (χ1) is 19.4. The van der Waals surface area contributed by atoms with Crippen LogP contribution in [0.5, 0.6) is 0 Å². The van der Waals surface area contributed by atoms with Crippen LogP contribution in [0.3, 0.4) is 0 Å². The van der Waals surface area contributed by atoms with Crippen LogP contribution >= 0.6 is 0 Å². The first kappa shape index (κ1) is 117. The number of hydrogen-bond donors (Lipinski definition) is 2. The van der Waals surface area contributed by atoms with Gasteiger partial charge in [0.05, 0.1) is 47.8 Å². The summed E-state index contributed by atoms with van der Waals surface area (Å²) in [4.78, 5) is 87.5. The van der Waals surface area contributed by atoms with E-state index in [1.165, 1.54) is 0 Å². The van der Waals surface area contributed by atoms with Gasteiger partial charge in [-0.1, -0.05) is 0 Å². The summed E-state index contributed by atoms with van der Waals surface area (Å²) < 4.78 is 0. The van der Waals surface area contributed by atoms with Crippen molar-refractivity contribution in [2.75, 3.05) is 78.5 Å². The Balaban J connectivity index is -0.0000000270. The van der Waals surface area contributed by atoms with Crippen molar-refractivity contribution in [3.05, 3.63) is 0 Å². The number of rotatable bonds is 24. The normalized spacial score (nSPS) is 7.79. The molecule has 0 heterocycles. The number of carbonyl (C=O) groups excluding carboxylic acids is 8. The predicted octanol–water partition coefficient (Wildman–Crippen LogP) is -23.6. The molecule has 34 nitrogen and oxygen atoms in total. The molecule has 354 valence electrons. The van der Waals surface area contributed by atoms with Gasteiger partial charge in [0, 0.05) is 78.5 Å². The second-order valence-corrected chi connectivity index (χ2v) is 8.53. The minimum absolute atomic E-state index is 0. The molecule has 0 amide bonds. The number of nitrogens with zero attached hydrogens (tertiary/aromatic N) is 4. The zero-order chi connectivity index (χ0) is 32.8. The topological polar surface area (TPSA) is 791 Å². The second kappa shape index (κ2) is 69.4. The van der Waals surface area contributed by atoms with Gasteiger partial charge in [-0.3, -0.25) is 19.6 Å². The summed E-state index contributed by atoms with van der Waals surface area (Å²) in [6.07, 6.45) is 0.280. The SMILES string of the molecule is O.O.O.O.O.O.O.O.O=C([O-])CN(CCCN(CC(=O)[O-])CC(=O)[O-])CC(=O)[O-].O=C([O-])CN(CCCN(CC(=O)[O-])CC(=O)[O-])CC(=O)[O-].[Ce+3].[Ce+3].[NH4+].[NH4+].[OH3+].[OH3+].[OH3+].[OH3+]. The average Bonchev–Trinajstić information content (AvgIpc) is 2.76. The quantitative estimate of drug-likeness (QED) is 0.0848. The number of aliphatic carboxylic acids is 8. The van der Waals surface area contributed by atoms with E-state index in [1.54, 1.807) is 0 Å². The number of carbonyl (C=O) groups is 8.